The van der Waals surface area contributed by atoms with E-state index in [9.17, 15) is 18.0 Å². The number of nitrogen functional groups attached to an aromatic ring is 1. The average Bonchev–Trinajstić information content (AvgIpc) is 2.95. The third kappa shape index (κ3) is 6.74. The number of benzene rings is 1. The molecule has 222 valence electrons. The van der Waals surface area contributed by atoms with Crippen molar-refractivity contribution in [3.63, 3.8) is 0 Å². The second-order valence-corrected chi connectivity index (χ2v) is 10.8. The number of pyridine rings is 2. The van der Waals surface area contributed by atoms with E-state index in [1.54, 1.807) is 0 Å². The molecule has 1 atom stereocenters. The Morgan fingerprint density at radius 3 is 2.60 bits per heavy atom. The molecule has 3 N–H and O–H groups in total. The van der Waals surface area contributed by atoms with Crippen LogP contribution < -0.4 is 11.1 Å². The van der Waals surface area contributed by atoms with Gasteiger partial charge < -0.3 is 16.0 Å². The number of alkyl halides is 3. The lowest BCUT2D eigenvalue weighted by atomic mass is 10.0. The highest BCUT2D eigenvalue weighted by Gasteiger charge is 2.35. The van der Waals surface area contributed by atoms with Gasteiger partial charge in [-0.15, -0.1) is 0 Å². The Bertz CT molecular complexity index is 1760. The van der Waals surface area contributed by atoms with Gasteiger partial charge in [0.2, 0.25) is 0 Å². The highest BCUT2D eigenvalue weighted by atomic mass is 19.4. The highest BCUT2D eigenvalue weighted by molar-refractivity contribution is 6.04. The fourth-order valence-electron chi connectivity index (χ4n) is 4.99. The molecule has 0 aliphatic carbocycles. The fourth-order valence-corrected chi connectivity index (χ4v) is 4.99. The van der Waals surface area contributed by atoms with Crippen molar-refractivity contribution < 1.29 is 18.0 Å². The van der Waals surface area contributed by atoms with Gasteiger partial charge in [-0.05, 0) is 51.6 Å². The molecule has 1 saturated heterocycles. The number of fused-ring (bicyclic) bond motifs is 1. The first kappa shape index (κ1) is 29.9. The number of hydrogen-bond acceptors (Lipinski definition) is 8. The van der Waals surface area contributed by atoms with Crippen molar-refractivity contribution in [1.82, 2.24) is 29.7 Å². The van der Waals surface area contributed by atoms with Crippen molar-refractivity contribution >= 4 is 28.4 Å². The molecule has 0 saturated carbocycles. The van der Waals surface area contributed by atoms with Crippen molar-refractivity contribution in [2.45, 2.75) is 39.5 Å². The van der Waals surface area contributed by atoms with Gasteiger partial charge in [0.15, 0.2) is 0 Å². The van der Waals surface area contributed by atoms with Crippen molar-refractivity contribution in [2.75, 3.05) is 37.7 Å². The third-order valence-electron chi connectivity index (χ3n) is 7.50. The number of aromatic nitrogens is 4. The topological polar surface area (TPSA) is 113 Å². The lowest BCUT2D eigenvalue weighted by molar-refractivity contribution is -0.138. The first-order chi connectivity index (χ1) is 20.4. The second kappa shape index (κ2) is 11.9. The van der Waals surface area contributed by atoms with Crippen LogP contribution in [-0.2, 0) is 12.7 Å². The number of amides is 1. The third-order valence-corrected chi connectivity index (χ3v) is 7.50. The van der Waals surface area contributed by atoms with Crippen LogP contribution in [0.5, 0.6) is 0 Å². The van der Waals surface area contributed by atoms with E-state index in [1.165, 1.54) is 36.8 Å². The number of nitrogens with zero attached hydrogens (tertiary/aromatic N) is 6. The van der Waals surface area contributed by atoms with Gasteiger partial charge in [0.05, 0.1) is 34.3 Å². The molecule has 0 radical (unpaired) electrons. The minimum absolute atomic E-state index is 0.0304. The van der Waals surface area contributed by atoms with Crippen LogP contribution in [0.15, 0.2) is 42.9 Å². The molecule has 1 aromatic carbocycles. The Morgan fingerprint density at radius 2 is 1.86 bits per heavy atom. The summed E-state index contributed by atoms with van der Waals surface area (Å²) in [6.07, 6.45) is -0.260. The summed E-state index contributed by atoms with van der Waals surface area (Å²) in [6.45, 7) is 8.11. The summed E-state index contributed by atoms with van der Waals surface area (Å²) in [7, 11) is 2.00. The summed E-state index contributed by atoms with van der Waals surface area (Å²) in [5, 5.41) is 2.57. The molecular formula is C31H31F3N8O. The molecule has 0 bridgehead atoms. The zero-order valence-corrected chi connectivity index (χ0v) is 24.3. The number of aryl methyl sites for hydroxylation is 2. The van der Waals surface area contributed by atoms with E-state index in [1.807, 2.05) is 32.7 Å². The van der Waals surface area contributed by atoms with E-state index in [-0.39, 0.29) is 35.2 Å². The predicted molar refractivity (Wildman–Crippen MR) is 158 cm³/mol. The number of nitrogens with two attached hydrogens (primary N) is 1. The summed E-state index contributed by atoms with van der Waals surface area (Å²) in [6, 6.07) is 5.52. The lowest BCUT2D eigenvalue weighted by Crippen LogP contribution is -2.49. The van der Waals surface area contributed by atoms with Gasteiger partial charge in [-0.1, -0.05) is 17.9 Å². The summed E-state index contributed by atoms with van der Waals surface area (Å²) in [5.41, 5.74) is 8.98. The van der Waals surface area contributed by atoms with E-state index >= 15 is 0 Å². The van der Waals surface area contributed by atoms with Crippen LogP contribution >= 0.6 is 0 Å². The minimum Gasteiger partial charge on any atom is -0.383 e. The molecule has 0 unspecified atom stereocenters. The molecule has 1 aliphatic heterocycles. The summed E-state index contributed by atoms with van der Waals surface area (Å²) in [4.78, 5) is 34.5. The molecular weight excluding hydrogens is 557 g/mol. The van der Waals surface area contributed by atoms with Gasteiger partial charge >= 0.3 is 6.18 Å². The molecule has 4 heterocycles. The Kier molecular flexibility index (Phi) is 8.30. The van der Waals surface area contributed by atoms with Gasteiger partial charge in [-0.2, -0.15) is 13.2 Å². The summed E-state index contributed by atoms with van der Waals surface area (Å²) >= 11 is 0. The van der Waals surface area contributed by atoms with Gasteiger partial charge in [0, 0.05) is 55.9 Å². The highest BCUT2D eigenvalue weighted by Crippen LogP contribution is 2.35. The smallest absolute Gasteiger partial charge is 0.383 e. The van der Waals surface area contributed by atoms with Crippen LogP contribution in [0.4, 0.5) is 24.7 Å². The van der Waals surface area contributed by atoms with Crippen LogP contribution in [0, 0.1) is 25.7 Å². The van der Waals surface area contributed by atoms with Gasteiger partial charge in [0.1, 0.15) is 16.9 Å². The molecule has 3 aromatic heterocycles. The number of nitrogens with one attached hydrogen (secondary N) is 1. The Morgan fingerprint density at radius 1 is 1.09 bits per heavy atom. The number of carbonyl (C=O) groups is 1. The second-order valence-electron chi connectivity index (χ2n) is 10.8. The van der Waals surface area contributed by atoms with Crippen molar-refractivity contribution in [3.05, 3.63) is 82.1 Å². The van der Waals surface area contributed by atoms with E-state index in [2.05, 4.69) is 42.0 Å². The Labute approximate surface area is 247 Å². The molecule has 4 aromatic rings. The molecule has 5 rings (SSSR count). The van der Waals surface area contributed by atoms with Crippen LogP contribution in [0.25, 0.3) is 11.0 Å². The molecule has 0 spiro atoms. The van der Waals surface area contributed by atoms with E-state index in [0.717, 1.165) is 30.5 Å². The number of rotatable bonds is 4. The van der Waals surface area contributed by atoms with E-state index in [0.29, 0.717) is 28.7 Å². The predicted octanol–water partition coefficient (Wildman–Crippen LogP) is 4.43. The summed E-state index contributed by atoms with van der Waals surface area (Å²) < 4.78 is 42.2. The normalized spacial score (nSPS) is 16.1. The number of likely N-dealkylation sites (N-methyl/N-ethyl adjacent to an activating group) is 1. The van der Waals surface area contributed by atoms with Crippen LogP contribution in [-0.4, -0.2) is 68.4 Å². The molecule has 12 heteroatoms. The number of halogens is 3. The molecule has 1 fully saturated rings. The number of hydrogen-bond donors (Lipinski definition) is 2. The SMILES string of the molecule is Cc1nc2cnc(N)c(C#Cc3cncc(C(=O)Nc4ccc(CN5CCN(C)C[C@@H]5C)c(C(F)(F)F)c4)c3)c2nc1C. The number of anilines is 2. The zero-order valence-electron chi connectivity index (χ0n) is 24.3. The maximum Gasteiger partial charge on any atom is 0.416 e. The fraction of sp³-hybridized carbons (Fsp3) is 0.323. The molecule has 1 amide bonds. The average molecular weight is 589 g/mol. The van der Waals surface area contributed by atoms with Crippen LogP contribution in [0.2, 0.25) is 0 Å². The van der Waals surface area contributed by atoms with Crippen molar-refractivity contribution in [1.29, 1.82) is 0 Å². The van der Waals surface area contributed by atoms with Crippen LogP contribution in [0.1, 0.15) is 50.9 Å². The maximum absolute atomic E-state index is 14.1. The van der Waals surface area contributed by atoms with E-state index in [4.69, 9.17) is 5.73 Å². The zero-order chi connectivity index (χ0) is 30.9. The first-order valence-electron chi connectivity index (χ1n) is 13.7. The minimum atomic E-state index is -4.58. The van der Waals surface area contributed by atoms with E-state index < -0.39 is 17.6 Å². The monoisotopic (exact) mass is 588 g/mol. The van der Waals surface area contributed by atoms with Gasteiger partial charge in [0.25, 0.3) is 5.91 Å². The van der Waals surface area contributed by atoms with Crippen LogP contribution in [0.3, 0.4) is 0 Å². The maximum atomic E-state index is 14.1. The van der Waals surface area contributed by atoms with Gasteiger partial charge in [-0.3, -0.25) is 14.7 Å². The standard InChI is InChI=1S/C31H31F3N8O/c1-18-16-41(4)9-10-42(18)17-22-6-7-24(12-26(22)31(32,33)34)40-30(43)23-11-21(13-36-14-23)5-8-25-28-27(15-37-29(25)35)38-19(2)20(3)39-28/h6-7,11-15,18H,9-10,16-17H2,1-4H3,(H2,35,37)(H,40,43)/t18-/m0/s1. The van der Waals surface area contributed by atoms with Gasteiger partial charge in [-0.25, -0.2) is 15.0 Å². The lowest BCUT2D eigenvalue weighted by Gasteiger charge is -2.38. The molecule has 1 aliphatic rings. The Hall–Kier alpha value is -4.60. The Balaban J connectivity index is 1.37. The summed E-state index contributed by atoms with van der Waals surface area (Å²) in [5.74, 6) is 5.46. The molecule has 43 heavy (non-hydrogen) atoms. The van der Waals surface area contributed by atoms with Crippen molar-refractivity contribution in [2.24, 2.45) is 0 Å². The van der Waals surface area contributed by atoms with Crippen molar-refractivity contribution in [3.8, 4) is 11.8 Å². The number of piperazine rings is 1. The quantitative estimate of drug-likeness (QED) is 0.337. The number of carbonyl (C=O) groups excluding carboxylic acids is 1. The first-order valence-corrected chi connectivity index (χ1v) is 13.7. The molecule has 9 nitrogen and oxygen atoms in total. The largest absolute Gasteiger partial charge is 0.416 e.